The molecule has 0 spiro atoms. The molecule has 0 unspecified atom stereocenters. The minimum Gasteiger partial charge on any atom is -0.370 e. The highest BCUT2D eigenvalue weighted by molar-refractivity contribution is 5.96. The molecule has 0 aliphatic carbocycles. The van der Waals surface area contributed by atoms with E-state index in [1.54, 1.807) is 0 Å². The Bertz CT molecular complexity index is 436. The van der Waals surface area contributed by atoms with Crippen molar-refractivity contribution in [2.75, 3.05) is 0 Å². The van der Waals surface area contributed by atoms with E-state index in [0.29, 0.717) is 6.42 Å². The summed E-state index contributed by atoms with van der Waals surface area (Å²) in [6, 6.07) is 9.49. The van der Waals surface area contributed by atoms with Crippen molar-refractivity contribution >= 4 is 5.78 Å². The van der Waals surface area contributed by atoms with Crippen LogP contribution in [-0.2, 0) is 4.74 Å². The number of hydrogen-bond donors (Lipinski definition) is 0. The molecular formula is C18H24O2. The lowest BCUT2D eigenvalue weighted by Gasteiger charge is -2.25. The maximum atomic E-state index is 12.2. The van der Waals surface area contributed by atoms with Gasteiger partial charge in [-0.1, -0.05) is 68.7 Å². The second-order valence-electron chi connectivity index (χ2n) is 5.45. The predicted molar refractivity (Wildman–Crippen MR) is 81.9 cm³/mol. The third-order valence-electron chi connectivity index (χ3n) is 3.72. The zero-order chi connectivity index (χ0) is 14.2. The van der Waals surface area contributed by atoms with E-state index in [2.05, 4.69) is 19.1 Å². The van der Waals surface area contributed by atoms with Gasteiger partial charge in [-0.05, 0) is 12.8 Å². The lowest BCUT2D eigenvalue weighted by Crippen LogP contribution is -2.26. The minimum atomic E-state index is 0.0410. The van der Waals surface area contributed by atoms with Gasteiger partial charge in [0.1, 0.15) is 0 Å². The van der Waals surface area contributed by atoms with Crippen LogP contribution in [0.1, 0.15) is 55.8 Å². The molecule has 0 amide bonds. The molecule has 1 aliphatic heterocycles. The summed E-state index contributed by atoms with van der Waals surface area (Å²) in [5.41, 5.74) is 0.785. The van der Waals surface area contributed by atoms with Gasteiger partial charge >= 0.3 is 0 Å². The molecule has 0 saturated heterocycles. The Hall–Kier alpha value is -1.41. The summed E-state index contributed by atoms with van der Waals surface area (Å²) in [5, 5.41) is 0. The lowest BCUT2D eigenvalue weighted by molar-refractivity contribution is -0.000548. The number of Topliss-reactive ketones (excluding diaryl/α,β-unsaturated/α-hetero) is 1. The van der Waals surface area contributed by atoms with E-state index >= 15 is 0 Å². The topological polar surface area (TPSA) is 26.3 Å². The number of ketones is 1. The summed E-state index contributed by atoms with van der Waals surface area (Å²) < 4.78 is 6.02. The first-order valence-corrected chi connectivity index (χ1v) is 7.70. The van der Waals surface area contributed by atoms with E-state index < -0.39 is 0 Å². The van der Waals surface area contributed by atoms with Crippen LogP contribution >= 0.6 is 0 Å². The van der Waals surface area contributed by atoms with Crippen LogP contribution in [0.25, 0.3) is 0 Å². The number of carbonyl (C=O) groups excluding carboxylic acids is 1. The Morgan fingerprint density at radius 3 is 2.80 bits per heavy atom. The smallest absolute Gasteiger partial charge is 0.165 e. The van der Waals surface area contributed by atoms with Crippen LogP contribution in [0.2, 0.25) is 0 Å². The van der Waals surface area contributed by atoms with Gasteiger partial charge in [0.25, 0.3) is 0 Å². The van der Waals surface area contributed by atoms with Crippen LogP contribution in [0, 0.1) is 0 Å². The molecule has 1 aliphatic rings. The summed E-state index contributed by atoms with van der Waals surface area (Å²) in [4.78, 5) is 12.2. The number of unbranched alkanes of at least 4 members (excludes halogenated alkanes) is 2. The molecule has 108 valence electrons. The van der Waals surface area contributed by atoms with Gasteiger partial charge in [0.15, 0.2) is 5.78 Å². The molecule has 2 rings (SSSR count). The van der Waals surface area contributed by atoms with Gasteiger partial charge in [0, 0.05) is 12.0 Å². The van der Waals surface area contributed by atoms with Crippen LogP contribution < -0.4 is 0 Å². The molecule has 20 heavy (non-hydrogen) atoms. The van der Waals surface area contributed by atoms with Crippen molar-refractivity contribution in [2.45, 2.75) is 57.7 Å². The van der Waals surface area contributed by atoms with Crippen molar-refractivity contribution in [3.05, 3.63) is 48.0 Å². The lowest BCUT2D eigenvalue weighted by atomic mass is 10.00. The molecule has 2 atom stereocenters. The SMILES string of the molecule is CCCCC[C@@H]1C=CC[C@H](CC(=O)c2ccccc2)O1. The van der Waals surface area contributed by atoms with E-state index in [-0.39, 0.29) is 18.0 Å². The van der Waals surface area contributed by atoms with E-state index in [9.17, 15) is 4.79 Å². The molecule has 0 saturated carbocycles. The number of hydrogen-bond acceptors (Lipinski definition) is 2. The first-order valence-electron chi connectivity index (χ1n) is 7.70. The highest BCUT2D eigenvalue weighted by Gasteiger charge is 2.21. The van der Waals surface area contributed by atoms with E-state index in [4.69, 9.17) is 4.74 Å². The molecule has 1 aromatic rings. The third-order valence-corrected chi connectivity index (χ3v) is 3.72. The molecule has 2 nitrogen and oxygen atoms in total. The van der Waals surface area contributed by atoms with Gasteiger partial charge in [-0.25, -0.2) is 0 Å². The molecular weight excluding hydrogens is 248 g/mol. The fraction of sp³-hybridized carbons (Fsp3) is 0.500. The fourth-order valence-corrected chi connectivity index (χ4v) is 2.57. The molecule has 0 radical (unpaired) electrons. The maximum Gasteiger partial charge on any atom is 0.165 e. The molecule has 0 fully saturated rings. The van der Waals surface area contributed by atoms with E-state index in [1.165, 1.54) is 19.3 Å². The highest BCUT2D eigenvalue weighted by Crippen LogP contribution is 2.21. The summed E-state index contributed by atoms with van der Waals surface area (Å²) in [6.07, 6.45) is 10.6. The molecule has 0 N–H and O–H groups in total. The standard InChI is InChI=1S/C18H24O2/c1-2-3-5-11-16-12-8-13-17(20-16)14-18(19)15-9-6-4-7-10-15/h4,6-10,12,16-17H,2-3,5,11,13-14H2,1H3/t16-,17-/m1/s1. The zero-order valence-corrected chi connectivity index (χ0v) is 12.3. The second-order valence-corrected chi connectivity index (χ2v) is 5.45. The Morgan fingerprint density at radius 2 is 2.05 bits per heavy atom. The van der Waals surface area contributed by atoms with Gasteiger partial charge in [-0.3, -0.25) is 4.79 Å². The Labute approximate surface area is 121 Å². The van der Waals surface area contributed by atoms with Crippen LogP contribution in [0.4, 0.5) is 0 Å². The van der Waals surface area contributed by atoms with Gasteiger partial charge in [-0.2, -0.15) is 0 Å². The van der Waals surface area contributed by atoms with Gasteiger partial charge in [0.05, 0.1) is 12.2 Å². The molecule has 1 aromatic carbocycles. The maximum absolute atomic E-state index is 12.2. The fourth-order valence-electron chi connectivity index (χ4n) is 2.57. The summed E-state index contributed by atoms with van der Waals surface area (Å²) in [5.74, 6) is 0.179. The normalized spacial score (nSPS) is 21.9. The monoisotopic (exact) mass is 272 g/mol. The third kappa shape index (κ3) is 4.61. The summed E-state index contributed by atoms with van der Waals surface area (Å²) in [7, 11) is 0. The highest BCUT2D eigenvalue weighted by atomic mass is 16.5. The van der Waals surface area contributed by atoms with Crippen molar-refractivity contribution in [2.24, 2.45) is 0 Å². The number of ether oxygens (including phenoxy) is 1. The predicted octanol–water partition coefficient (Wildman–Crippen LogP) is 4.55. The van der Waals surface area contributed by atoms with Crippen molar-refractivity contribution in [3.63, 3.8) is 0 Å². The Morgan fingerprint density at radius 1 is 1.25 bits per heavy atom. The van der Waals surface area contributed by atoms with Gasteiger partial charge < -0.3 is 4.74 Å². The van der Waals surface area contributed by atoms with Gasteiger partial charge in [-0.15, -0.1) is 0 Å². The molecule has 1 heterocycles. The number of rotatable bonds is 7. The molecule has 0 aromatic heterocycles. The Kier molecular flexibility index (Phi) is 6.00. The zero-order valence-electron chi connectivity index (χ0n) is 12.3. The summed E-state index contributed by atoms with van der Waals surface area (Å²) >= 11 is 0. The largest absolute Gasteiger partial charge is 0.370 e. The van der Waals surface area contributed by atoms with Crippen LogP contribution in [-0.4, -0.2) is 18.0 Å². The van der Waals surface area contributed by atoms with Gasteiger partial charge in [0.2, 0.25) is 0 Å². The average Bonchev–Trinajstić information content (AvgIpc) is 2.49. The van der Waals surface area contributed by atoms with Crippen molar-refractivity contribution in [1.29, 1.82) is 0 Å². The number of benzene rings is 1. The molecule has 0 bridgehead atoms. The number of carbonyl (C=O) groups is 1. The summed E-state index contributed by atoms with van der Waals surface area (Å²) in [6.45, 7) is 2.21. The van der Waals surface area contributed by atoms with Crippen LogP contribution in [0.15, 0.2) is 42.5 Å². The second kappa shape index (κ2) is 8.01. The first-order chi connectivity index (χ1) is 9.79. The van der Waals surface area contributed by atoms with E-state index in [0.717, 1.165) is 18.4 Å². The van der Waals surface area contributed by atoms with Crippen molar-refractivity contribution < 1.29 is 9.53 Å². The molecule has 2 heteroatoms. The Balaban J connectivity index is 1.82. The van der Waals surface area contributed by atoms with E-state index in [1.807, 2.05) is 30.3 Å². The van der Waals surface area contributed by atoms with Crippen molar-refractivity contribution in [3.8, 4) is 0 Å². The average molecular weight is 272 g/mol. The first kappa shape index (κ1) is 15.0. The van der Waals surface area contributed by atoms with Crippen LogP contribution in [0.3, 0.4) is 0 Å². The van der Waals surface area contributed by atoms with Crippen molar-refractivity contribution in [1.82, 2.24) is 0 Å². The minimum absolute atomic E-state index is 0.0410. The quantitative estimate of drug-likeness (QED) is 0.413. The van der Waals surface area contributed by atoms with Crippen LogP contribution in [0.5, 0.6) is 0 Å².